The molecule has 3 aliphatic rings. The van der Waals surface area contributed by atoms with Crippen molar-refractivity contribution in [3.8, 4) is 0 Å². The van der Waals surface area contributed by atoms with E-state index >= 15 is 0 Å². The van der Waals surface area contributed by atoms with E-state index in [0.717, 1.165) is 0 Å². The lowest BCUT2D eigenvalue weighted by atomic mass is 9.73. The summed E-state index contributed by atoms with van der Waals surface area (Å²) in [6.07, 6.45) is -3.57. The van der Waals surface area contributed by atoms with Crippen LogP contribution in [0.15, 0.2) is 16.5 Å². The first kappa shape index (κ1) is 25.0. The Morgan fingerprint density at radius 3 is 2.45 bits per heavy atom. The highest BCUT2D eigenvalue weighted by atomic mass is 16.8. The molecule has 0 spiro atoms. The van der Waals surface area contributed by atoms with Gasteiger partial charge in [-0.2, -0.15) is 0 Å². The van der Waals surface area contributed by atoms with E-state index in [2.05, 4.69) is 5.32 Å². The van der Waals surface area contributed by atoms with E-state index in [-0.39, 0.29) is 19.4 Å². The van der Waals surface area contributed by atoms with Crippen LogP contribution in [-0.2, 0) is 27.2 Å². The van der Waals surface area contributed by atoms with Gasteiger partial charge in [-0.25, -0.2) is 0 Å². The maximum Gasteiger partial charge on any atom is 0.248 e. The molecule has 6 N–H and O–H groups in total. The lowest BCUT2D eigenvalue weighted by Crippen LogP contribution is -2.78. The van der Waals surface area contributed by atoms with Gasteiger partial charge >= 0.3 is 0 Å². The molecule has 188 valence electrons. The molecule has 0 aromatic carbocycles. The van der Waals surface area contributed by atoms with Crippen LogP contribution in [0.3, 0.4) is 0 Å². The van der Waals surface area contributed by atoms with E-state index in [0.29, 0.717) is 30.8 Å². The van der Waals surface area contributed by atoms with Gasteiger partial charge in [0.1, 0.15) is 35.9 Å². The number of aliphatic hydroxyl groups excluding tert-OH is 3. The second-order valence-electron chi connectivity index (χ2n) is 9.64. The SMILES string of the molecule is CC[C@@H]1[C@H](O)[C@H](NC)C2O[C@]3(O)C(OC2[C@H]1O)O[C@H](C)C[C@@]3(O)CCCc1ccc(CO)o1. The van der Waals surface area contributed by atoms with Gasteiger partial charge in [0.15, 0.2) is 0 Å². The largest absolute Gasteiger partial charge is 0.464 e. The fraction of sp³-hybridized carbons (Fsp3) is 0.826. The number of aryl methyl sites for hydroxylation is 1. The molecule has 1 aromatic heterocycles. The van der Waals surface area contributed by atoms with Crippen LogP contribution >= 0.6 is 0 Å². The predicted octanol–water partition coefficient (Wildman–Crippen LogP) is -0.217. The van der Waals surface area contributed by atoms with E-state index < -0.39 is 60.2 Å². The van der Waals surface area contributed by atoms with Gasteiger partial charge in [0.25, 0.3) is 0 Å². The molecule has 10 heteroatoms. The summed E-state index contributed by atoms with van der Waals surface area (Å²) in [4.78, 5) is 0. The van der Waals surface area contributed by atoms with Gasteiger partial charge < -0.3 is 49.5 Å². The van der Waals surface area contributed by atoms with Crippen LogP contribution in [0.4, 0.5) is 0 Å². The van der Waals surface area contributed by atoms with Crippen LogP contribution < -0.4 is 5.32 Å². The van der Waals surface area contributed by atoms with E-state index in [1.54, 1.807) is 26.1 Å². The molecule has 0 radical (unpaired) electrons. The molecular weight excluding hydrogens is 434 g/mol. The molecule has 1 saturated carbocycles. The minimum Gasteiger partial charge on any atom is -0.464 e. The molecular formula is C23H37NO9. The van der Waals surface area contributed by atoms with Crippen LogP contribution in [0.1, 0.15) is 51.1 Å². The van der Waals surface area contributed by atoms with Gasteiger partial charge in [-0.05, 0) is 45.4 Å². The predicted molar refractivity (Wildman–Crippen MR) is 115 cm³/mol. The Hall–Kier alpha value is -1.08. The van der Waals surface area contributed by atoms with Crippen molar-refractivity contribution in [3.05, 3.63) is 23.7 Å². The fourth-order valence-electron chi connectivity index (χ4n) is 5.73. The Morgan fingerprint density at radius 2 is 1.82 bits per heavy atom. The topological polar surface area (TPSA) is 154 Å². The van der Waals surface area contributed by atoms with E-state index in [1.807, 2.05) is 6.92 Å². The molecule has 3 unspecified atom stereocenters. The van der Waals surface area contributed by atoms with E-state index in [4.69, 9.17) is 23.7 Å². The summed E-state index contributed by atoms with van der Waals surface area (Å²) in [5, 5.41) is 57.2. The maximum atomic E-state index is 11.7. The highest BCUT2D eigenvalue weighted by molar-refractivity contribution is 5.11. The van der Waals surface area contributed by atoms with E-state index in [9.17, 15) is 20.4 Å². The third kappa shape index (κ3) is 4.26. The number of hydrogen-bond donors (Lipinski definition) is 6. The Balaban J connectivity index is 1.55. The summed E-state index contributed by atoms with van der Waals surface area (Å²) in [7, 11) is 1.67. The Kier molecular flexibility index (Phi) is 7.22. The zero-order valence-corrected chi connectivity index (χ0v) is 19.4. The summed E-state index contributed by atoms with van der Waals surface area (Å²) in [6, 6.07) is 2.86. The molecule has 2 saturated heterocycles. The van der Waals surface area contributed by atoms with Gasteiger partial charge in [-0.3, -0.25) is 0 Å². The number of furan rings is 1. The van der Waals surface area contributed by atoms with Crippen LogP contribution in [0.25, 0.3) is 0 Å². The van der Waals surface area contributed by atoms with E-state index in [1.165, 1.54) is 0 Å². The van der Waals surface area contributed by atoms with Crippen LogP contribution in [0.5, 0.6) is 0 Å². The van der Waals surface area contributed by atoms with Crippen LogP contribution in [0, 0.1) is 5.92 Å². The molecule has 2 aliphatic heterocycles. The van der Waals surface area contributed by atoms with Crippen molar-refractivity contribution >= 4 is 0 Å². The molecule has 33 heavy (non-hydrogen) atoms. The molecule has 0 amide bonds. The van der Waals surface area contributed by atoms with Gasteiger partial charge in [0.2, 0.25) is 12.1 Å². The van der Waals surface area contributed by atoms with Crippen molar-refractivity contribution in [1.82, 2.24) is 5.32 Å². The molecule has 3 fully saturated rings. The Morgan fingerprint density at radius 1 is 1.09 bits per heavy atom. The summed E-state index contributed by atoms with van der Waals surface area (Å²) < 4.78 is 23.5. The summed E-state index contributed by atoms with van der Waals surface area (Å²) in [5.41, 5.74) is -1.69. The van der Waals surface area contributed by atoms with Gasteiger partial charge in [0.05, 0.1) is 24.4 Å². The van der Waals surface area contributed by atoms with Crippen LogP contribution in [-0.4, -0.2) is 86.8 Å². The van der Waals surface area contributed by atoms with Crippen molar-refractivity contribution < 1.29 is 44.2 Å². The first-order valence-electron chi connectivity index (χ1n) is 11.8. The third-order valence-corrected chi connectivity index (χ3v) is 7.51. The number of hydrogen-bond acceptors (Lipinski definition) is 10. The Bertz CT molecular complexity index is 805. The van der Waals surface area contributed by atoms with Gasteiger partial charge in [-0.15, -0.1) is 0 Å². The lowest BCUT2D eigenvalue weighted by Gasteiger charge is -2.60. The number of rotatable bonds is 7. The fourth-order valence-corrected chi connectivity index (χ4v) is 5.73. The van der Waals surface area contributed by atoms with Gasteiger partial charge in [-0.1, -0.05) is 6.92 Å². The third-order valence-electron chi connectivity index (χ3n) is 7.51. The minimum absolute atomic E-state index is 0.119. The number of aliphatic hydroxyl groups is 5. The smallest absolute Gasteiger partial charge is 0.248 e. The monoisotopic (exact) mass is 471 g/mol. The molecule has 0 bridgehead atoms. The number of fused-ring (bicyclic) bond motifs is 2. The zero-order valence-electron chi connectivity index (χ0n) is 19.4. The summed E-state index contributed by atoms with van der Waals surface area (Å²) in [5.74, 6) is -1.48. The highest BCUT2D eigenvalue weighted by Crippen LogP contribution is 2.49. The molecule has 4 rings (SSSR count). The zero-order chi connectivity index (χ0) is 24.0. The van der Waals surface area contributed by atoms with Crippen molar-refractivity contribution in [2.45, 2.75) is 107 Å². The number of nitrogens with one attached hydrogen (secondary N) is 1. The molecule has 10 nitrogen and oxygen atoms in total. The summed E-state index contributed by atoms with van der Waals surface area (Å²) >= 11 is 0. The second-order valence-corrected chi connectivity index (χ2v) is 9.64. The Labute approximate surface area is 193 Å². The molecule has 1 aromatic rings. The first-order chi connectivity index (χ1) is 15.7. The van der Waals surface area contributed by atoms with Crippen molar-refractivity contribution in [3.63, 3.8) is 0 Å². The molecule has 1 aliphatic carbocycles. The number of likely N-dealkylation sites (N-methyl/N-ethyl adjacent to an activating group) is 1. The average molecular weight is 472 g/mol. The van der Waals surface area contributed by atoms with Crippen molar-refractivity contribution in [2.24, 2.45) is 5.92 Å². The normalized spacial score (nSPS) is 45.5. The quantitative estimate of drug-likeness (QED) is 0.315. The lowest BCUT2D eigenvalue weighted by molar-refractivity contribution is -0.485. The first-order valence-corrected chi connectivity index (χ1v) is 11.8. The van der Waals surface area contributed by atoms with Crippen LogP contribution in [0.2, 0.25) is 0 Å². The van der Waals surface area contributed by atoms with Gasteiger partial charge in [0, 0.05) is 18.8 Å². The standard InChI is InChI=1S/C23H37NO9/c1-4-15-17(26)16(24-3)19-20(18(15)27)32-21-23(29,33-19)22(28,10-12(2)30-21)9-5-6-13-7-8-14(11-25)31-13/h7-8,12,15-21,24-29H,4-6,9-11H2,1-3H3/t12-,15-,16+,17+,18+,19?,20?,21?,22+,23-/m1/s1. The molecule has 10 atom stereocenters. The number of ether oxygens (including phenoxy) is 3. The van der Waals surface area contributed by atoms with Crippen molar-refractivity contribution in [1.29, 1.82) is 0 Å². The maximum absolute atomic E-state index is 11.7. The molecule has 3 heterocycles. The van der Waals surface area contributed by atoms with Crippen molar-refractivity contribution in [2.75, 3.05) is 7.05 Å². The second kappa shape index (κ2) is 9.52. The average Bonchev–Trinajstić information content (AvgIpc) is 3.23. The minimum atomic E-state index is -2.19. The highest BCUT2D eigenvalue weighted by Gasteiger charge is 2.68. The summed E-state index contributed by atoms with van der Waals surface area (Å²) in [6.45, 7) is 3.48.